The number of hydrogen-bond acceptors (Lipinski definition) is 4. The third-order valence-electron chi connectivity index (χ3n) is 4.63. The molecule has 1 aromatic heterocycles. The van der Waals surface area contributed by atoms with Crippen LogP contribution in [0, 0.1) is 17.8 Å². The summed E-state index contributed by atoms with van der Waals surface area (Å²) in [7, 11) is 3.88. The molecule has 0 radical (unpaired) electrons. The summed E-state index contributed by atoms with van der Waals surface area (Å²) in [6.07, 6.45) is 6.66. The zero-order valence-electron chi connectivity index (χ0n) is 10.6. The van der Waals surface area contributed by atoms with Gasteiger partial charge in [0, 0.05) is 12.5 Å². The first-order chi connectivity index (χ1) is 8.26. The molecule has 0 spiro atoms. The number of nitrogens with zero attached hydrogens (tertiary/aromatic N) is 4. The molecule has 94 valence electrons. The molecule has 2 saturated carbocycles. The Bertz CT molecular complexity index is 388. The van der Waals surface area contributed by atoms with Crippen molar-refractivity contribution in [3.8, 4) is 0 Å². The van der Waals surface area contributed by atoms with Crippen molar-refractivity contribution in [3.05, 3.63) is 5.82 Å². The van der Waals surface area contributed by atoms with Gasteiger partial charge < -0.3 is 5.32 Å². The fraction of sp³-hybridized carbons (Fsp3) is 0.917. The molecule has 1 N–H and O–H groups in total. The van der Waals surface area contributed by atoms with E-state index in [1.54, 1.807) is 4.80 Å². The molecule has 2 bridgehead atoms. The molecule has 0 aliphatic heterocycles. The first-order valence-electron chi connectivity index (χ1n) is 6.66. The van der Waals surface area contributed by atoms with Gasteiger partial charge in [-0.25, -0.2) is 0 Å². The number of rotatable bonds is 4. The molecule has 0 saturated heterocycles. The number of hydrogen-bond donors (Lipinski definition) is 1. The smallest absolute Gasteiger partial charge is 0.176 e. The van der Waals surface area contributed by atoms with Crippen LogP contribution in [-0.2, 0) is 13.5 Å². The first kappa shape index (κ1) is 11.1. The summed E-state index contributed by atoms with van der Waals surface area (Å²) in [5.41, 5.74) is 0. The van der Waals surface area contributed by atoms with Gasteiger partial charge in [-0.1, -0.05) is 6.42 Å². The molecule has 2 aliphatic carbocycles. The Morgan fingerprint density at radius 1 is 1.41 bits per heavy atom. The second-order valence-corrected chi connectivity index (χ2v) is 5.63. The van der Waals surface area contributed by atoms with Crippen LogP contribution in [-0.4, -0.2) is 33.3 Å². The van der Waals surface area contributed by atoms with Gasteiger partial charge in [0.1, 0.15) is 0 Å². The third-order valence-corrected chi connectivity index (χ3v) is 4.63. The average Bonchev–Trinajstić information content (AvgIpc) is 3.01. The molecule has 1 aromatic rings. The summed E-state index contributed by atoms with van der Waals surface area (Å²) < 4.78 is 0. The van der Waals surface area contributed by atoms with Crippen molar-refractivity contribution in [2.45, 2.75) is 38.1 Å². The fourth-order valence-electron chi connectivity index (χ4n) is 3.86. The van der Waals surface area contributed by atoms with Gasteiger partial charge >= 0.3 is 0 Å². The predicted octanol–water partition coefficient (Wildman–Crippen LogP) is 0.777. The molecule has 4 unspecified atom stereocenters. The van der Waals surface area contributed by atoms with Crippen LogP contribution in [0.1, 0.15) is 31.5 Å². The van der Waals surface area contributed by atoms with E-state index in [1.807, 2.05) is 7.05 Å². The standard InChI is InChI=1S/C12H21N5/c1-13-11(7-12-14-16-17(2)15-12)10-6-8-3-4-9(10)5-8/h8-11,13H,3-7H2,1-2H3. The Hall–Kier alpha value is -0.970. The van der Waals surface area contributed by atoms with E-state index in [0.29, 0.717) is 6.04 Å². The third kappa shape index (κ3) is 2.08. The quantitative estimate of drug-likeness (QED) is 0.838. The lowest BCUT2D eigenvalue weighted by atomic mass is 9.82. The Labute approximate surface area is 102 Å². The number of aryl methyl sites for hydroxylation is 1. The number of fused-ring (bicyclic) bond motifs is 2. The Morgan fingerprint density at radius 2 is 2.29 bits per heavy atom. The van der Waals surface area contributed by atoms with Crippen molar-refractivity contribution < 1.29 is 0 Å². The van der Waals surface area contributed by atoms with Crippen LogP contribution in [0.2, 0.25) is 0 Å². The summed E-state index contributed by atoms with van der Waals surface area (Å²) in [4.78, 5) is 1.54. The molecule has 0 aromatic carbocycles. The van der Waals surface area contributed by atoms with E-state index in [9.17, 15) is 0 Å². The van der Waals surface area contributed by atoms with E-state index in [1.165, 1.54) is 25.7 Å². The molecule has 0 amide bonds. The van der Waals surface area contributed by atoms with Crippen molar-refractivity contribution in [2.24, 2.45) is 24.8 Å². The maximum atomic E-state index is 4.29. The Balaban J connectivity index is 1.67. The van der Waals surface area contributed by atoms with E-state index in [4.69, 9.17) is 0 Å². The van der Waals surface area contributed by atoms with Crippen molar-refractivity contribution in [3.63, 3.8) is 0 Å². The van der Waals surface area contributed by atoms with Gasteiger partial charge in [-0.2, -0.15) is 4.80 Å². The molecule has 5 nitrogen and oxygen atoms in total. The molecule has 4 atom stereocenters. The zero-order valence-corrected chi connectivity index (χ0v) is 10.6. The van der Waals surface area contributed by atoms with Gasteiger partial charge in [0.2, 0.25) is 0 Å². The molecule has 2 fully saturated rings. The normalized spacial score (nSPS) is 33.2. The predicted molar refractivity (Wildman–Crippen MR) is 64.3 cm³/mol. The van der Waals surface area contributed by atoms with Crippen LogP contribution in [0.3, 0.4) is 0 Å². The van der Waals surface area contributed by atoms with Gasteiger partial charge in [-0.05, 0) is 49.3 Å². The molecular formula is C12H21N5. The van der Waals surface area contributed by atoms with Gasteiger partial charge in [0.15, 0.2) is 5.82 Å². The van der Waals surface area contributed by atoms with E-state index in [2.05, 4.69) is 27.8 Å². The molecule has 2 aliphatic rings. The zero-order chi connectivity index (χ0) is 11.8. The maximum absolute atomic E-state index is 4.29. The summed E-state index contributed by atoms with van der Waals surface area (Å²) in [5.74, 6) is 3.63. The van der Waals surface area contributed by atoms with E-state index >= 15 is 0 Å². The number of nitrogens with one attached hydrogen (secondary N) is 1. The monoisotopic (exact) mass is 235 g/mol. The van der Waals surface area contributed by atoms with Gasteiger partial charge in [-0.3, -0.25) is 0 Å². The SMILES string of the molecule is CNC(Cc1nnn(C)n1)C1CC2CCC1C2. The van der Waals surface area contributed by atoms with Crippen LogP contribution in [0.5, 0.6) is 0 Å². The summed E-state index contributed by atoms with van der Waals surface area (Å²) in [6.45, 7) is 0. The van der Waals surface area contributed by atoms with Crippen molar-refractivity contribution >= 4 is 0 Å². The highest BCUT2D eigenvalue weighted by molar-refractivity contribution is 4.98. The molecule has 1 heterocycles. The van der Waals surface area contributed by atoms with Gasteiger partial charge in [-0.15, -0.1) is 10.2 Å². The van der Waals surface area contributed by atoms with E-state index < -0.39 is 0 Å². The minimum atomic E-state index is 0.523. The maximum Gasteiger partial charge on any atom is 0.176 e. The average molecular weight is 235 g/mol. The molecule has 5 heteroatoms. The van der Waals surface area contributed by atoms with Crippen LogP contribution < -0.4 is 5.32 Å². The summed E-state index contributed by atoms with van der Waals surface area (Å²) >= 11 is 0. The largest absolute Gasteiger partial charge is 0.316 e. The summed E-state index contributed by atoms with van der Waals surface area (Å²) in [6, 6.07) is 0.523. The van der Waals surface area contributed by atoms with Crippen molar-refractivity contribution in [1.82, 2.24) is 25.5 Å². The number of tetrazole rings is 1. The first-order valence-corrected chi connectivity index (χ1v) is 6.66. The highest BCUT2D eigenvalue weighted by Crippen LogP contribution is 2.49. The highest BCUT2D eigenvalue weighted by Gasteiger charge is 2.42. The second-order valence-electron chi connectivity index (χ2n) is 5.63. The van der Waals surface area contributed by atoms with E-state index in [0.717, 1.165) is 30.0 Å². The molecular weight excluding hydrogens is 214 g/mol. The van der Waals surface area contributed by atoms with Gasteiger partial charge in [0.25, 0.3) is 0 Å². The fourth-order valence-corrected chi connectivity index (χ4v) is 3.86. The van der Waals surface area contributed by atoms with Crippen LogP contribution in [0.25, 0.3) is 0 Å². The second kappa shape index (κ2) is 4.37. The number of likely N-dealkylation sites (N-methyl/N-ethyl adjacent to an activating group) is 1. The van der Waals surface area contributed by atoms with Crippen molar-refractivity contribution in [2.75, 3.05) is 7.05 Å². The van der Waals surface area contributed by atoms with Crippen molar-refractivity contribution in [1.29, 1.82) is 0 Å². The minimum Gasteiger partial charge on any atom is -0.316 e. The van der Waals surface area contributed by atoms with E-state index in [-0.39, 0.29) is 0 Å². The van der Waals surface area contributed by atoms with Crippen LogP contribution >= 0.6 is 0 Å². The summed E-state index contributed by atoms with van der Waals surface area (Å²) in [5, 5.41) is 15.8. The Morgan fingerprint density at radius 3 is 2.82 bits per heavy atom. The minimum absolute atomic E-state index is 0.523. The molecule has 17 heavy (non-hydrogen) atoms. The topological polar surface area (TPSA) is 55.6 Å². The van der Waals surface area contributed by atoms with Crippen LogP contribution in [0.4, 0.5) is 0 Å². The van der Waals surface area contributed by atoms with Crippen LogP contribution in [0.15, 0.2) is 0 Å². The molecule has 3 rings (SSSR count). The lowest BCUT2D eigenvalue weighted by molar-refractivity contribution is 0.253. The van der Waals surface area contributed by atoms with Gasteiger partial charge in [0.05, 0.1) is 7.05 Å². The lowest BCUT2D eigenvalue weighted by Gasteiger charge is -2.29. The lowest BCUT2D eigenvalue weighted by Crippen LogP contribution is -2.38. The Kier molecular flexibility index (Phi) is 2.86. The highest BCUT2D eigenvalue weighted by atomic mass is 15.6. The number of aromatic nitrogens is 4.